The number of aliphatic hydroxyl groups is 1. The van der Waals surface area contributed by atoms with E-state index in [9.17, 15) is 9.90 Å². The summed E-state index contributed by atoms with van der Waals surface area (Å²) in [5, 5.41) is 10.7. The molecule has 0 spiro atoms. The van der Waals surface area contributed by atoms with Gasteiger partial charge in [-0.1, -0.05) is 40.2 Å². The van der Waals surface area contributed by atoms with Crippen molar-refractivity contribution >= 4 is 6.09 Å². The summed E-state index contributed by atoms with van der Waals surface area (Å²) in [6.45, 7) is 13.0. The van der Waals surface area contributed by atoms with Crippen molar-refractivity contribution in [2.24, 2.45) is 45.8 Å². The molecular formula is C30H47NO6. The topological polar surface area (TPSA) is 80.8 Å². The van der Waals surface area contributed by atoms with Crippen LogP contribution in [0.15, 0.2) is 11.6 Å². The Balaban J connectivity index is 1.31. The Morgan fingerprint density at radius 3 is 2.49 bits per heavy atom. The number of nitrogens with zero attached hydrogens (tertiary/aromatic N) is 1. The number of hydrogen-bond acceptors (Lipinski definition) is 6. The van der Waals surface area contributed by atoms with Crippen molar-refractivity contribution in [3.05, 3.63) is 11.6 Å². The fraction of sp³-hybridized carbons (Fsp3) is 0.900. The minimum atomic E-state index is -0.461. The Bertz CT molecular complexity index is 954. The molecule has 1 amide bonds. The van der Waals surface area contributed by atoms with Gasteiger partial charge in [-0.25, -0.2) is 4.79 Å². The standard InChI is InChI=1S/C30H47NO6/c1-16(26-34-14-28(2,3)15-35-26)18-8-9-19-23-20(10-11-29(18,19)4)30(5)17(12-21(32)24-25(30)37-24)13-22(23)36-27(33)31(6)7/h13,16,18-26,32H,8-12,14-15H2,1-7H3/t16?,18-,19+,20+,21-,22-,23+,24+,25+,29-,30+/m1/s1. The zero-order valence-corrected chi connectivity index (χ0v) is 23.7. The van der Waals surface area contributed by atoms with Crippen molar-refractivity contribution in [1.82, 2.24) is 4.90 Å². The highest BCUT2D eigenvalue weighted by Crippen LogP contribution is 2.69. The first-order chi connectivity index (χ1) is 17.4. The highest BCUT2D eigenvalue weighted by atomic mass is 16.7. The van der Waals surface area contributed by atoms with Gasteiger partial charge in [-0.15, -0.1) is 0 Å². The molecule has 0 aromatic rings. The predicted octanol–water partition coefficient (Wildman–Crippen LogP) is 4.63. The molecule has 7 heteroatoms. The lowest BCUT2D eigenvalue weighted by atomic mass is 9.46. The van der Waals surface area contributed by atoms with Gasteiger partial charge in [0.05, 0.1) is 25.4 Å². The molecule has 6 rings (SSSR count). The van der Waals surface area contributed by atoms with E-state index < -0.39 is 6.10 Å². The van der Waals surface area contributed by atoms with Gasteiger partial charge in [0.2, 0.25) is 0 Å². The first-order valence-corrected chi connectivity index (χ1v) is 14.5. The van der Waals surface area contributed by atoms with E-state index in [1.54, 1.807) is 14.1 Å². The van der Waals surface area contributed by atoms with Crippen LogP contribution in [-0.2, 0) is 18.9 Å². The average Bonchev–Trinajstić information content (AvgIpc) is 3.58. The zero-order chi connectivity index (χ0) is 26.5. The molecule has 0 aromatic carbocycles. The summed E-state index contributed by atoms with van der Waals surface area (Å²) < 4.78 is 24.9. The lowest BCUT2D eigenvalue weighted by Crippen LogP contribution is -2.58. The van der Waals surface area contributed by atoms with Crippen molar-refractivity contribution in [3.8, 4) is 0 Å². The van der Waals surface area contributed by atoms with Crippen LogP contribution < -0.4 is 0 Å². The molecule has 1 unspecified atom stereocenters. The Morgan fingerprint density at radius 1 is 1.11 bits per heavy atom. The van der Waals surface area contributed by atoms with E-state index in [-0.39, 0.29) is 52.9 Å². The summed E-state index contributed by atoms with van der Waals surface area (Å²) in [5.41, 5.74) is 1.34. The van der Waals surface area contributed by atoms with E-state index in [1.807, 2.05) is 0 Å². The van der Waals surface area contributed by atoms with Crippen LogP contribution in [0.1, 0.15) is 66.7 Å². The van der Waals surface area contributed by atoms with Crippen molar-refractivity contribution in [1.29, 1.82) is 0 Å². The number of rotatable bonds is 3. The number of carbonyl (C=O) groups excluding carboxylic acids is 1. The quantitative estimate of drug-likeness (QED) is 0.435. The summed E-state index contributed by atoms with van der Waals surface area (Å²) in [5.74, 6) is 1.91. The molecule has 4 aliphatic carbocycles. The molecule has 2 aliphatic heterocycles. The third-order valence-electron chi connectivity index (χ3n) is 11.5. The second-order valence-electron chi connectivity index (χ2n) is 14.5. The first kappa shape index (κ1) is 26.1. The third-order valence-corrected chi connectivity index (χ3v) is 11.5. The summed E-state index contributed by atoms with van der Waals surface area (Å²) in [6.07, 6.45) is 6.23. The Morgan fingerprint density at radius 2 is 1.81 bits per heavy atom. The van der Waals surface area contributed by atoms with Gasteiger partial charge in [0, 0.05) is 36.8 Å². The summed E-state index contributed by atoms with van der Waals surface area (Å²) in [4.78, 5) is 14.4. The molecular weight excluding hydrogens is 470 g/mol. The van der Waals surface area contributed by atoms with Gasteiger partial charge in [0.1, 0.15) is 12.2 Å². The van der Waals surface area contributed by atoms with Crippen molar-refractivity contribution in [2.75, 3.05) is 27.3 Å². The highest BCUT2D eigenvalue weighted by molar-refractivity contribution is 5.67. The maximum atomic E-state index is 12.8. The van der Waals surface area contributed by atoms with Crippen LogP contribution in [0.3, 0.4) is 0 Å². The summed E-state index contributed by atoms with van der Waals surface area (Å²) in [6, 6.07) is 0. The van der Waals surface area contributed by atoms with Crippen LogP contribution in [0, 0.1) is 45.8 Å². The molecule has 0 bridgehead atoms. The largest absolute Gasteiger partial charge is 0.442 e. The number of ether oxygens (including phenoxy) is 4. The van der Waals surface area contributed by atoms with Crippen molar-refractivity contribution < 1.29 is 28.8 Å². The number of carbonyl (C=O) groups is 1. The molecule has 0 aromatic heterocycles. The molecule has 11 atom stereocenters. The van der Waals surface area contributed by atoms with Gasteiger partial charge in [-0.05, 0) is 61.3 Å². The molecule has 2 saturated heterocycles. The van der Waals surface area contributed by atoms with Gasteiger partial charge in [-0.3, -0.25) is 0 Å². The van der Waals surface area contributed by atoms with Crippen LogP contribution in [-0.4, -0.2) is 74.1 Å². The molecule has 6 aliphatic rings. The van der Waals surface area contributed by atoms with Crippen LogP contribution in [0.25, 0.3) is 0 Å². The number of epoxide rings is 1. The summed E-state index contributed by atoms with van der Waals surface area (Å²) in [7, 11) is 3.49. The second-order valence-corrected chi connectivity index (χ2v) is 14.5. The van der Waals surface area contributed by atoms with Crippen LogP contribution in [0.4, 0.5) is 4.79 Å². The van der Waals surface area contributed by atoms with E-state index in [1.165, 1.54) is 10.5 Å². The Labute approximate surface area is 222 Å². The number of amides is 1. The third kappa shape index (κ3) is 3.93. The van der Waals surface area contributed by atoms with E-state index >= 15 is 0 Å². The maximum Gasteiger partial charge on any atom is 0.409 e. The Hall–Kier alpha value is -1.15. The minimum absolute atomic E-state index is 0.0433. The predicted molar refractivity (Wildman–Crippen MR) is 139 cm³/mol. The molecule has 1 N–H and O–H groups in total. The van der Waals surface area contributed by atoms with Crippen LogP contribution in [0.2, 0.25) is 0 Å². The smallest absolute Gasteiger partial charge is 0.409 e. The maximum absolute atomic E-state index is 12.8. The Kier molecular flexibility index (Phi) is 6.12. The van der Waals surface area contributed by atoms with Gasteiger partial charge in [-0.2, -0.15) is 0 Å². The molecule has 3 saturated carbocycles. The lowest BCUT2D eigenvalue weighted by molar-refractivity contribution is -0.253. The van der Waals surface area contributed by atoms with Gasteiger partial charge < -0.3 is 29.0 Å². The van der Waals surface area contributed by atoms with Gasteiger partial charge in [0.25, 0.3) is 0 Å². The van der Waals surface area contributed by atoms with E-state index in [4.69, 9.17) is 18.9 Å². The van der Waals surface area contributed by atoms with E-state index in [0.717, 1.165) is 38.9 Å². The number of aliphatic hydroxyl groups excluding tert-OH is 1. The van der Waals surface area contributed by atoms with Crippen LogP contribution in [0.5, 0.6) is 0 Å². The second kappa shape index (κ2) is 8.67. The van der Waals surface area contributed by atoms with E-state index in [2.05, 4.69) is 40.7 Å². The number of fused-ring (bicyclic) bond motifs is 7. The normalized spacial score (nSPS) is 49.0. The molecule has 37 heavy (non-hydrogen) atoms. The van der Waals surface area contributed by atoms with Crippen molar-refractivity contribution in [3.63, 3.8) is 0 Å². The molecule has 0 radical (unpaired) electrons. The zero-order valence-electron chi connectivity index (χ0n) is 23.7. The van der Waals surface area contributed by atoms with Gasteiger partial charge >= 0.3 is 6.09 Å². The highest BCUT2D eigenvalue weighted by Gasteiger charge is 2.69. The molecule has 208 valence electrons. The molecule has 5 fully saturated rings. The monoisotopic (exact) mass is 517 g/mol. The lowest BCUT2D eigenvalue weighted by Gasteiger charge is -2.59. The van der Waals surface area contributed by atoms with Crippen LogP contribution >= 0.6 is 0 Å². The molecule has 2 heterocycles. The van der Waals surface area contributed by atoms with Crippen molar-refractivity contribution in [2.45, 2.75) is 97.4 Å². The SMILES string of the molecule is CC(C1OCC(C)(C)CO1)[C@H]1CC[C@H]2[C@@H]3[C@H](OC(=O)N(C)C)C=C4C[C@@H](O)[C@@H]5O[C@@H]5[C@]4(C)[C@H]3CC[C@]12C. The van der Waals surface area contributed by atoms with Gasteiger partial charge in [0.15, 0.2) is 6.29 Å². The average molecular weight is 518 g/mol. The fourth-order valence-corrected chi connectivity index (χ4v) is 9.44. The first-order valence-electron chi connectivity index (χ1n) is 14.5. The minimum Gasteiger partial charge on any atom is -0.442 e. The fourth-order valence-electron chi connectivity index (χ4n) is 9.44. The number of hydrogen-bond donors (Lipinski definition) is 1. The van der Waals surface area contributed by atoms with E-state index in [0.29, 0.717) is 30.1 Å². The summed E-state index contributed by atoms with van der Waals surface area (Å²) >= 11 is 0. The molecule has 7 nitrogen and oxygen atoms in total.